The molecule has 0 unspecified atom stereocenters. The molecule has 0 fully saturated rings. The summed E-state index contributed by atoms with van der Waals surface area (Å²) in [4.78, 5) is 11.9. The standard InChI is InChI=1S/C25H20F2O2/c1-3-4-17-12-24-21(13-20(17)18-7-10-23(27)15(2)11-18)22(14-28)25(29-24)16-5-8-19(26)9-6-16/h5-14H,3-4H2,1-2H3. The van der Waals surface area contributed by atoms with Gasteiger partial charge in [0.25, 0.3) is 0 Å². The molecule has 0 N–H and O–H groups in total. The molecule has 0 aliphatic rings. The lowest BCUT2D eigenvalue weighted by Gasteiger charge is -2.11. The number of fused-ring (bicyclic) bond motifs is 1. The SMILES string of the molecule is CCCc1cc2oc(-c3ccc(F)cc3)c(C=O)c2cc1-c1ccc(F)c(C)c1. The number of halogens is 2. The Balaban J connectivity index is 1.96. The number of aldehydes is 1. The van der Waals surface area contributed by atoms with Gasteiger partial charge < -0.3 is 4.42 Å². The van der Waals surface area contributed by atoms with E-state index in [2.05, 4.69) is 6.92 Å². The van der Waals surface area contributed by atoms with Crippen molar-refractivity contribution in [1.29, 1.82) is 0 Å². The minimum Gasteiger partial charge on any atom is -0.455 e. The van der Waals surface area contributed by atoms with Gasteiger partial charge >= 0.3 is 0 Å². The maximum absolute atomic E-state index is 13.8. The molecule has 0 aliphatic carbocycles. The van der Waals surface area contributed by atoms with Crippen molar-refractivity contribution in [2.75, 3.05) is 0 Å². The molecule has 1 aromatic heterocycles. The van der Waals surface area contributed by atoms with Crippen LogP contribution >= 0.6 is 0 Å². The lowest BCUT2D eigenvalue weighted by Crippen LogP contribution is -1.92. The van der Waals surface area contributed by atoms with Crippen LogP contribution in [-0.2, 0) is 6.42 Å². The molecule has 0 aliphatic heterocycles. The molecule has 0 radical (unpaired) electrons. The molecule has 0 bridgehead atoms. The van der Waals surface area contributed by atoms with Gasteiger partial charge in [-0.15, -0.1) is 0 Å². The molecular weight excluding hydrogens is 370 g/mol. The van der Waals surface area contributed by atoms with Crippen LogP contribution in [0.25, 0.3) is 33.4 Å². The Morgan fingerprint density at radius 2 is 1.69 bits per heavy atom. The molecule has 0 saturated carbocycles. The van der Waals surface area contributed by atoms with Crippen LogP contribution < -0.4 is 0 Å². The molecule has 1 heterocycles. The van der Waals surface area contributed by atoms with Crippen LogP contribution in [0, 0.1) is 18.6 Å². The molecule has 29 heavy (non-hydrogen) atoms. The number of rotatable bonds is 5. The average Bonchev–Trinajstić information content (AvgIpc) is 3.07. The Hall–Kier alpha value is -3.27. The van der Waals surface area contributed by atoms with Crippen LogP contribution in [0.1, 0.15) is 34.8 Å². The molecule has 2 nitrogen and oxygen atoms in total. The second-order valence-corrected chi connectivity index (χ2v) is 7.19. The second kappa shape index (κ2) is 7.63. The van der Waals surface area contributed by atoms with Gasteiger partial charge in [-0.05, 0) is 84.1 Å². The maximum Gasteiger partial charge on any atom is 0.154 e. The molecule has 4 rings (SSSR count). The summed E-state index contributed by atoms with van der Waals surface area (Å²) in [6, 6.07) is 14.8. The van der Waals surface area contributed by atoms with Gasteiger partial charge in [0, 0.05) is 10.9 Å². The van der Waals surface area contributed by atoms with Gasteiger partial charge in [-0.1, -0.05) is 19.4 Å². The fraction of sp³-hybridized carbons (Fsp3) is 0.160. The van der Waals surface area contributed by atoms with E-state index in [-0.39, 0.29) is 11.6 Å². The van der Waals surface area contributed by atoms with Gasteiger partial charge in [-0.25, -0.2) is 8.78 Å². The number of hydrogen-bond acceptors (Lipinski definition) is 2. The summed E-state index contributed by atoms with van der Waals surface area (Å²) in [5, 5.41) is 0.691. The summed E-state index contributed by atoms with van der Waals surface area (Å²) in [6.45, 7) is 3.82. The molecule has 0 saturated heterocycles. The zero-order valence-electron chi connectivity index (χ0n) is 16.3. The normalized spacial score (nSPS) is 11.2. The highest BCUT2D eigenvalue weighted by molar-refractivity contribution is 6.04. The molecule has 0 spiro atoms. The number of hydrogen-bond donors (Lipinski definition) is 0. The highest BCUT2D eigenvalue weighted by Crippen LogP contribution is 2.37. The first-order valence-corrected chi connectivity index (χ1v) is 9.59. The first-order valence-electron chi connectivity index (χ1n) is 9.59. The second-order valence-electron chi connectivity index (χ2n) is 7.19. The van der Waals surface area contributed by atoms with E-state index in [1.807, 2.05) is 18.2 Å². The zero-order chi connectivity index (χ0) is 20.5. The van der Waals surface area contributed by atoms with Crippen LogP contribution in [0.3, 0.4) is 0 Å². The van der Waals surface area contributed by atoms with Gasteiger partial charge in [0.1, 0.15) is 23.0 Å². The topological polar surface area (TPSA) is 30.2 Å². The van der Waals surface area contributed by atoms with E-state index in [1.54, 1.807) is 25.1 Å². The Bertz CT molecular complexity index is 1200. The Labute approximate surface area is 167 Å². The minimum atomic E-state index is -0.350. The molecule has 4 aromatic rings. The Morgan fingerprint density at radius 3 is 2.34 bits per heavy atom. The quantitative estimate of drug-likeness (QED) is 0.340. The van der Waals surface area contributed by atoms with Crippen molar-refractivity contribution in [2.24, 2.45) is 0 Å². The van der Waals surface area contributed by atoms with Gasteiger partial charge in [-0.3, -0.25) is 4.79 Å². The highest BCUT2D eigenvalue weighted by Gasteiger charge is 2.19. The van der Waals surface area contributed by atoms with E-state index in [0.717, 1.165) is 35.8 Å². The summed E-state index contributed by atoms with van der Waals surface area (Å²) in [6.07, 6.45) is 2.53. The van der Waals surface area contributed by atoms with Gasteiger partial charge in [0.2, 0.25) is 0 Å². The first-order chi connectivity index (χ1) is 14.0. The minimum absolute atomic E-state index is 0.248. The fourth-order valence-corrected chi connectivity index (χ4v) is 3.69. The van der Waals surface area contributed by atoms with E-state index in [4.69, 9.17) is 4.42 Å². The Kier molecular flexibility index (Phi) is 5.01. The number of aryl methyl sites for hydroxylation is 2. The van der Waals surface area contributed by atoms with Gasteiger partial charge in [0.05, 0.1) is 5.56 Å². The molecule has 0 atom stereocenters. The van der Waals surface area contributed by atoms with E-state index < -0.39 is 0 Å². The van der Waals surface area contributed by atoms with E-state index in [9.17, 15) is 13.6 Å². The molecule has 4 heteroatoms. The summed E-state index contributed by atoms with van der Waals surface area (Å²) in [5.41, 5.74) is 5.17. The lowest BCUT2D eigenvalue weighted by molar-refractivity contribution is 0.112. The third-order valence-electron chi connectivity index (χ3n) is 5.16. The summed E-state index contributed by atoms with van der Waals surface area (Å²) >= 11 is 0. The number of carbonyl (C=O) groups is 1. The van der Waals surface area contributed by atoms with Crippen LogP contribution in [0.15, 0.2) is 59.0 Å². The van der Waals surface area contributed by atoms with Crippen molar-refractivity contribution in [1.82, 2.24) is 0 Å². The smallest absolute Gasteiger partial charge is 0.154 e. The summed E-state index contributed by atoms with van der Waals surface area (Å²) < 4.78 is 33.1. The molecule has 146 valence electrons. The van der Waals surface area contributed by atoms with Gasteiger partial charge in [-0.2, -0.15) is 0 Å². The van der Waals surface area contributed by atoms with E-state index >= 15 is 0 Å². The lowest BCUT2D eigenvalue weighted by atomic mass is 9.93. The van der Waals surface area contributed by atoms with E-state index in [0.29, 0.717) is 33.4 Å². The molecule has 3 aromatic carbocycles. The predicted octanol–water partition coefficient (Wildman–Crippen LogP) is 7.12. The molecule has 0 amide bonds. The predicted molar refractivity (Wildman–Crippen MR) is 111 cm³/mol. The van der Waals surface area contributed by atoms with Crippen LogP contribution in [0.2, 0.25) is 0 Å². The van der Waals surface area contributed by atoms with Crippen molar-refractivity contribution < 1.29 is 18.0 Å². The fourth-order valence-electron chi connectivity index (χ4n) is 3.69. The summed E-state index contributed by atoms with van der Waals surface area (Å²) in [5.74, 6) is -0.177. The van der Waals surface area contributed by atoms with Crippen molar-refractivity contribution >= 4 is 17.3 Å². The maximum atomic E-state index is 13.8. The van der Waals surface area contributed by atoms with E-state index in [1.165, 1.54) is 18.2 Å². The van der Waals surface area contributed by atoms with Gasteiger partial charge in [0.15, 0.2) is 6.29 Å². The third kappa shape index (κ3) is 3.46. The monoisotopic (exact) mass is 390 g/mol. The van der Waals surface area contributed by atoms with Crippen LogP contribution in [0.5, 0.6) is 0 Å². The molecular formula is C25H20F2O2. The Morgan fingerprint density at radius 1 is 0.966 bits per heavy atom. The zero-order valence-corrected chi connectivity index (χ0v) is 16.3. The van der Waals surface area contributed by atoms with Crippen molar-refractivity contribution in [3.05, 3.63) is 82.9 Å². The highest BCUT2D eigenvalue weighted by atomic mass is 19.1. The number of benzene rings is 3. The number of carbonyl (C=O) groups excluding carboxylic acids is 1. The van der Waals surface area contributed by atoms with Crippen molar-refractivity contribution in [3.8, 4) is 22.5 Å². The number of furan rings is 1. The first kappa shape index (κ1) is 19.1. The van der Waals surface area contributed by atoms with Crippen molar-refractivity contribution in [2.45, 2.75) is 26.7 Å². The largest absolute Gasteiger partial charge is 0.455 e. The van der Waals surface area contributed by atoms with Crippen LogP contribution in [0.4, 0.5) is 8.78 Å². The van der Waals surface area contributed by atoms with Crippen LogP contribution in [-0.4, -0.2) is 6.29 Å². The summed E-state index contributed by atoms with van der Waals surface area (Å²) in [7, 11) is 0. The third-order valence-corrected chi connectivity index (χ3v) is 5.16. The average molecular weight is 390 g/mol. The van der Waals surface area contributed by atoms with Crippen molar-refractivity contribution in [3.63, 3.8) is 0 Å².